The monoisotopic (exact) mass is 447 g/mol. The second-order valence-electron chi connectivity index (χ2n) is 9.00. The van der Waals surface area contributed by atoms with E-state index in [-0.39, 0.29) is 18.6 Å². The summed E-state index contributed by atoms with van der Waals surface area (Å²) in [5, 5.41) is 0.346. The summed E-state index contributed by atoms with van der Waals surface area (Å²) in [5.74, 6) is 1.16. The molecule has 166 valence electrons. The molecule has 1 saturated heterocycles. The summed E-state index contributed by atoms with van der Waals surface area (Å²) in [6, 6.07) is 10.4. The SMILES string of the molecule is CC(C)(C)OC(=O)N1CCC(c2cccc3c2OCC(c2ccc(Cl)cc2F)O3)CC1. The number of benzene rings is 2. The van der Waals surface area contributed by atoms with Crippen molar-refractivity contribution in [2.75, 3.05) is 19.7 Å². The van der Waals surface area contributed by atoms with E-state index in [0.29, 0.717) is 35.2 Å². The summed E-state index contributed by atoms with van der Waals surface area (Å²) in [6.45, 7) is 7.09. The van der Waals surface area contributed by atoms with Crippen LogP contribution in [0.4, 0.5) is 9.18 Å². The van der Waals surface area contributed by atoms with E-state index >= 15 is 0 Å². The minimum atomic E-state index is -0.533. The predicted molar refractivity (Wildman–Crippen MR) is 116 cm³/mol. The summed E-state index contributed by atoms with van der Waals surface area (Å²) in [6.07, 6.45) is 0.824. The summed E-state index contributed by atoms with van der Waals surface area (Å²) < 4.78 is 32.0. The van der Waals surface area contributed by atoms with Crippen LogP contribution in [0.25, 0.3) is 0 Å². The number of carbonyl (C=O) groups is 1. The Labute approximate surface area is 187 Å². The predicted octanol–water partition coefficient (Wildman–Crippen LogP) is 6.11. The number of amides is 1. The Morgan fingerprint density at radius 3 is 2.58 bits per heavy atom. The molecule has 2 heterocycles. The Kier molecular flexibility index (Phi) is 6.02. The minimum Gasteiger partial charge on any atom is -0.485 e. The van der Waals surface area contributed by atoms with Gasteiger partial charge in [-0.3, -0.25) is 0 Å². The molecular weight excluding hydrogens is 421 g/mol. The van der Waals surface area contributed by atoms with Gasteiger partial charge in [-0.2, -0.15) is 0 Å². The lowest BCUT2D eigenvalue weighted by Gasteiger charge is -2.35. The number of para-hydroxylation sites is 1. The highest BCUT2D eigenvalue weighted by Gasteiger charge is 2.32. The number of rotatable bonds is 2. The van der Waals surface area contributed by atoms with Gasteiger partial charge in [0.1, 0.15) is 18.0 Å². The van der Waals surface area contributed by atoms with E-state index in [4.69, 9.17) is 25.8 Å². The van der Waals surface area contributed by atoms with Crippen LogP contribution in [0.5, 0.6) is 11.5 Å². The molecule has 2 aliphatic heterocycles. The second kappa shape index (κ2) is 8.58. The van der Waals surface area contributed by atoms with Crippen molar-refractivity contribution in [3.8, 4) is 11.5 Å². The lowest BCUT2D eigenvalue weighted by atomic mass is 9.88. The number of likely N-dealkylation sites (tertiary alicyclic amines) is 1. The Hall–Kier alpha value is -2.47. The first-order chi connectivity index (χ1) is 14.7. The normalized spacial score (nSPS) is 19.3. The Balaban J connectivity index is 1.45. The van der Waals surface area contributed by atoms with E-state index < -0.39 is 17.5 Å². The van der Waals surface area contributed by atoms with Gasteiger partial charge in [-0.15, -0.1) is 0 Å². The van der Waals surface area contributed by atoms with Crippen LogP contribution in [-0.4, -0.2) is 36.3 Å². The molecular formula is C24H27ClFNO4. The summed E-state index contributed by atoms with van der Waals surface area (Å²) >= 11 is 5.86. The van der Waals surface area contributed by atoms with Crippen LogP contribution in [-0.2, 0) is 4.74 Å². The topological polar surface area (TPSA) is 48.0 Å². The highest BCUT2D eigenvalue weighted by Crippen LogP contribution is 2.44. The van der Waals surface area contributed by atoms with Crippen molar-refractivity contribution in [3.63, 3.8) is 0 Å². The van der Waals surface area contributed by atoms with E-state index in [0.717, 1.165) is 18.4 Å². The molecule has 7 heteroatoms. The number of hydrogen-bond donors (Lipinski definition) is 0. The zero-order valence-electron chi connectivity index (χ0n) is 18.0. The van der Waals surface area contributed by atoms with Gasteiger partial charge in [0, 0.05) is 29.2 Å². The van der Waals surface area contributed by atoms with Crippen LogP contribution in [0.15, 0.2) is 36.4 Å². The molecule has 0 aromatic heterocycles. The molecule has 2 aromatic carbocycles. The van der Waals surface area contributed by atoms with Crippen LogP contribution in [0.1, 0.15) is 56.8 Å². The van der Waals surface area contributed by atoms with Crippen molar-refractivity contribution in [1.82, 2.24) is 4.90 Å². The van der Waals surface area contributed by atoms with Gasteiger partial charge in [-0.25, -0.2) is 9.18 Å². The molecule has 2 aliphatic rings. The maximum Gasteiger partial charge on any atom is 0.410 e. The lowest BCUT2D eigenvalue weighted by Crippen LogP contribution is -2.41. The maximum atomic E-state index is 14.3. The van der Waals surface area contributed by atoms with Crippen LogP contribution >= 0.6 is 11.6 Å². The van der Waals surface area contributed by atoms with Crippen molar-refractivity contribution in [2.45, 2.75) is 51.2 Å². The van der Waals surface area contributed by atoms with E-state index in [2.05, 4.69) is 0 Å². The van der Waals surface area contributed by atoms with E-state index in [1.165, 1.54) is 6.07 Å². The fraction of sp³-hybridized carbons (Fsp3) is 0.458. The first kappa shape index (κ1) is 21.8. The van der Waals surface area contributed by atoms with Gasteiger partial charge in [0.25, 0.3) is 0 Å². The zero-order valence-corrected chi connectivity index (χ0v) is 18.7. The Morgan fingerprint density at radius 1 is 1.16 bits per heavy atom. The van der Waals surface area contributed by atoms with Gasteiger partial charge in [0.15, 0.2) is 17.6 Å². The molecule has 1 fully saturated rings. The van der Waals surface area contributed by atoms with Gasteiger partial charge in [-0.1, -0.05) is 29.8 Å². The molecule has 31 heavy (non-hydrogen) atoms. The summed E-state index contributed by atoms with van der Waals surface area (Å²) in [7, 11) is 0. The van der Waals surface area contributed by atoms with E-state index in [1.807, 2.05) is 39.0 Å². The number of nitrogens with zero attached hydrogens (tertiary/aromatic N) is 1. The second-order valence-corrected chi connectivity index (χ2v) is 9.44. The number of carbonyl (C=O) groups excluding carboxylic acids is 1. The number of piperidine rings is 1. The molecule has 1 unspecified atom stereocenters. The van der Waals surface area contributed by atoms with Crippen molar-refractivity contribution >= 4 is 17.7 Å². The highest BCUT2D eigenvalue weighted by molar-refractivity contribution is 6.30. The third-order valence-corrected chi connectivity index (χ3v) is 5.79. The molecule has 1 amide bonds. The average molecular weight is 448 g/mol. The van der Waals surface area contributed by atoms with Crippen LogP contribution in [0, 0.1) is 5.82 Å². The summed E-state index contributed by atoms with van der Waals surface area (Å²) in [4.78, 5) is 14.1. The fourth-order valence-electron chi connectivity index (χ4n) is 4.06. The van der Waals surface area contributed by atoms with E-state index in [1.54, 1.807) is 17.0 Å². The molecule has 0 spiro atoms. The van der Waals surface area contributed by atoms with Crippen LogP contribution in [0.3, 0.4) is 0 Å². The van der Waals surface area contributed by atoms with Crippen LogP contribution < -0.4 is 9.47 Å². The molecule has 4 rings (SSSR count). The molecule has 2 aromatic rings. The summed E-state index contributed by atoms with van der Waals surface area (Å²) in [5.41, 5.74) is 0.986. The molecule has 0 aliphatic carbocycles. The molecule has 0 radical (unpaired) electrons. The first-order valence-corrected chi connectivity index (χ1v) is 10.9. The smallest absolute Gasteiger partial charge is 0.410 e. The van der Waals surface area contributed by atoms with Crippen molar-refractivity contribution in [1.29, 1.82) is 0 Å². The van der Waals surface area contributed by atoms with Crippen molar-refractivity contribution in [3.05, 3.63) is 58.4 Å². The quantitative estimate of drug-likeness (QED) is 0.557. The molecule has 1 atom stereocenters. The largest absolute Gasteiger partial charge is 0.485 e. The third kappa shape index (κ3) is 4.90. The zero-order chi connectivity index (χ0) is 22.2. The number of ether oxygens (including phenoxy) is 3. The van der Waals surface area contributed by atoms with Gasteiger partial charge in [0.05, 0.1) is 0 Å². The standard InChI is InChI=1S/C24H27ClFNO4/c1-24(2,3)31-23(28)27-11-9-15(10-12-27)17-5-4-6-20-22(17)29-14-21(30-20)18-8-7-16(25)13-19(18)26/h4-8,13,15,21H,9-12,14H2,1-3H3. The average Bonchev–Trinajstić information content (AvgIpc) is 2.72. The van der Waals surface area contributed by atoms with E-state index in [9.17, 15) is 9.18 Å². The Bertz CT molecular complexity index is 967. The molecule has 0 saturated carbocycles. The molecule has 0 bridgehead atoms. The third-order valence-electron chi connectivity index (χ3n) is 5.55. The van der Waals surface area contributed by atoms with Crippen LogP contribution in [0.2, 0.25) is 5.02 Å². The van der Waals surface area contributed by atoms with Gasteiger partial charge < -0.3 is 19.1 Å². The highest BCUT2D eigenvalue weighted by atomic mass is 35.5. The van der Waals surface area contributed by atoms with Gasteiger partial charge >= 0.3 is 6.09 Å². The maximum absolute atomic E-state index is 14.3. The van der Waals surface area contributed by atoms with Gasteiger partial charge in [-0.05, 0) is 57.7 Å². The number of halogens is 2. The number of hydrogen-bond acceptors (Lipinski definition) is 4. The molecule has 5 nitrogen and oxygen atoms in total. The number of fused-ring (bicyclic) bond motifs is 1. The Morgan fingerprint density at radius 2 is 1.90 bits per heavy atom. The lowest BCUT2D eigenvalue weighted by molar-refractivity contribution is 0.0203. The van der Waals surface area contributed by atoms with Crippen molar-refractivity contribution in [2.24, 2.45) is 0 Å². The van der Waals surface area contributed by atoms with Gasteiger partial charge in [0.2, 0.25) is 0 Å². The molecule has 0 N–H and O–H groups in total. The fourth-order valence-corrected chi connectivity index (χ4v) is 4.22. The minimum absolute atomic E-state index is 0.222. The van der Waals surface area contributed by atoms with Crippen molar-refractivity contribution < 1.29 is 23.4 Å². The first-order valence-electron chi connectivity index (χ1n) is 10.6.